The Balaban J connectivity index is 1.34. The minimum atomic E-state index is -0.172. The first-order valence-corrected chi connectivity index (χ1v) is 10.1. The third-order valence-electron chi connectivity index (χ3n) is 5.17. The number of pyridine rings is 1. The van der Waals surface area contributed by atoms with Crippen LogP contribution in [0.3, 0.4) is 0 Å². The van der Waals surface area contributed by atoms with Crippen molar-refractivity contribution in [3.63, 3.8) is 0 Å². The van der Waals surface area contributed by atoms with Gasteiger partial charge < -0.3 is 19.4 Å². The van der Waals surface area contributed by atoms with Crippen LogP contribution in [0.1, 0.15) is 29.2 Å². The van der Waals surface area contributed by atoms with E-state index in [0.717, 1.165) is 0 Å². The summed E-state index contributed by atoms with van der Waals surface area (Å²) in [6, 6.07) is 3.31. The number of aromatic amines is 1. The summed E-state index contributed by atoms with van der Waals surface area (Å²) in [5.74, 6) is 0.478. The fraction of sp³-hybridized carbons (Fsp3) is 0.350. The summed E-state index contributed by atoms with van der Waals surface area (Å²) in [5.41, 5.74) is 1.49. The van der Waals surface area contributed by atoms with E-state index in [9.17, 15) is 9.59 Å². The molecule has 0 unspecified atom stereocenters. The number of hydrogen-bond acceptors (Lipinski definition) is 7. The molecule has 1 saturated heterocycles. The molecule has 0 spiro atoms. The number of nitrogens with zero attached hydrogens (tertiary/aromatic N) is 4. The van der Waals surface area contributed by atoms with Gasteiger partial charge in [-0.15, -0.1) is 0 Å². The van der Waals surface area contributed by atoms with Crippen molar-refractivity contribution >= 4 is 23.4 Å². The molecule has 1 fully saturated rings. The van der Waals surface area contributed by atoms with Gasteiger partial charge >= 0.3 is 0 Å². The van der Waals surface area contributed by atoms with E-state index < -0.39 is 0 Å². The Morgan fingerprint density at radius 2 is 2.13 bits per heavy atom. The number of amides is 2. The van der Waals surface area contributed by atoms with Gasteiger partial charge in [0, 0.05) is 30.6 Å². The van der Waals surface area contributed by atoms with Crippen molar-refractivity contribution < 1.29 is 18.7 Å². The summed E-state index contributed by atoms with van der Waals surface area (Å²) >= 11 is 6.21. The SMILES string of the molecule is COc1cc(-c2cc(C(=O)N3CCC(C(=O)NCc4ncco4)CC3)[nH]n2)c(Cl)cn1. The van der Waals surface area contributed by atoms with Gasteiger partial charge in [-0.3, -0.25) is 14.7 Å². The summed E-state index contributed by atoms with van der Waals surface area (Å²) in [7, 11) is 1.51. The maximum Gasteiger partial charge on any atom is 0.271 e. The zero-order valence-corrected chi connectivity index (χ0v) is 17.6. The van der Waals surface area contributed by atoms with Gasteiger partial charge in [0.05, 0.1) is 36.8 Å². The molecule has 0 aromatic carbocycles. The molecule has 2 amide bonds. The van der Waals surface area contributed by atoms with Crippen LogP contribution in [-0.4, -0.2) is 57.1 Å². The molecule has 0 radical (unpaired) electrons. The van der Waals surface area contributed by atoms with Crippen molar-refractivity contribution in [3.8, 4) is 17.1 Å². The van der Waals surface area contributed by atoms with E-state index in [1.807, 2.05) is 0 Å². The molecule has 10 nitrogen and oxygen atoms in total. The van der Waals surface area contributed by atoms with Gasteiger partial charge in [0.15, 0.2) is 0 Å². The fourth-order valence-corrected chi connectivity index (χ4v) is 3.66. The highest BCUT2D eigenvalue weighted by atomic mass is 35.5. The lowest BCUT2D eigenvalue weighted by molar-refractivity contribution is -0.126. The van der Waals surface area contributed by atoms with E-state index in [-0.39, 0.29) is 24.3 Å². The Kier molecular flexibility index (Phi) is 6.17. The number of hydrogen-bond donors (Lipinski definition) is 2. The number of nitrogens with one attached hydrogen (secondary N) is 2. The monoisotopic (exact) mass is 444 g/mol. The maximum atomic E-state index is 12.9. The fourth-order valence-electron chi connectivity index (χ4n) is 3.46. The van der Waals surface area contributed by atoms with Crippen LogP contribution in [0.15, 0.2) is 35.2 Å². The van der Waals surface area contributed by atoms with E-state index in [0.29, 0.717) is 59.7 Å². The van der Waals surface area contributed by atoms with Gasteiger partial charge in [-0.2, -0.15) is 5.10 Å². The van der Waals surface area contributed by atoms with E-state index in [1.165, 1.54) is 25.8 Å². The lowest BCUT2D eigenvalue weighted by Gasteiger charge is -2.30. The molecule has 31 heavy (non-hydrogen) atoms. The molecule has 4 rings (SSSR count). The van der Waals surface area contributed by atoms with Crippen molar-refractivity contribution in [2.45, 2.75) is 19.4 Å². The van der Waals surface area contributed by atoms with Gasteiger partial charge in [-0.05, 0) is 18.9 Å². The number of methoxy groups -OCH3 is 1. The highest BCUT2D eigenvalue weighted by Crippen LogP contribution is 2.29. The van der Waals surface area contributed by atoms with Crippen LogP contribution in [0.5, 0.6) is 5.88 Å². The van der Waals surface area contributed by atoms with Gasteiger partial charge in [0.25, 0.3) is 5.91 Å². The lowest BCUT2D eigenvalue weighted by Crippen LogP contribution is -2.43. The van der Waals surface area contributed by atoms with E-state index in [4.69, 9.17) is 20.8 Å². The number of carbonyl (C=O) groups is 2. The summed E-state index contributed by atoms with van der Waals surface area (Å²) in [5, 5.41) is 10.2. The van der Waals surface area contributed by atoms with Gasteiger partial charge in [-0.1, -0.05) is 11.6 Å². The zero-order chi connectivity index (χ0) is 21.8. The molecule has 0 bridgehead atoms. The number of carbonyl (C=O) groups excluding carboxylic acids is 2. The third-order valence-corrected chi connectivity index (χ3v) is 5.48. The first kappa shape index (κ1) is 20.9. The standard InChI is InChI=1S/C20H21ClN6O4/c1-30-17-8-13(14(21)10-23-17)15-9-16(26-25-15)20(29)27-5-2-12(3-6-27)19(28)24-11-18-22-4-7-31-18/h4,7-10,12H,2-3,5-6,11H2,1H3,(H,24,28)(H,25,26). The quantitative estimate of drug-likeness (QED) is 0.597. The van der Waals surface area contributed by atoms with Crippen molar-refractivity contribution in [1.29, 1.82) is 0 Å². The Morgan fingerprint density at radius 1 is 1.32 bits per heavy atom. The zero-order valence-electron chi connectivity index (χ0n) is 16.8. The van der Waals surface area contributed by atoms with E-state index >= 15 is 0 Å². The second-order valence-corrected chi connectivity index (χ2v) is 7.49. The number of aromatic nitrogens is 4. The largest absolute Gasteiger partial charge is 0.481 e. The molecule has 3 aromatic heterocycles. The Morgan fingerprint density at radius 3 is 2.84 bits per heavy atom. The number of rotatable bonds is 6. The van der Waals surface area contributed by atoms with Crippen molar-refractivity contribution in [3.05, 3.63) is 47.4 Å². The van der Waals surface area contributed by atoms with Crippen LogP contribution >= 0.6 is 11.6 Å². The second kappa shape index (κ2) is 9.17. The number of ether oxygens (including phenoxy) is 1. The summed E-state index contributed by atoms with van der Waals surface area (Å²) < 4.78 is 10.2. The van der Waals surface area contributed by atoms with Crippen molar-refractivity contribution in [1.82, 2.24) is 30.4 Å². The first-order valence-electron chi connectivity index (χ1n) is 9.76. The van der Waals surface area contributed by atoms with Crippen LogP contribution in [0.25, 0.3) is 11.3 Å². The average molecular weight is 445 g/mol. The Hall–Kier alpha value is -3.40. The number of halogens is 1. The molecule has 4 heterocycles. The maximum absolute atomic E-state index is 12.9. The van der Waals surface area contributed by atoms with Crippen molar-refractivity contribution in [2.24, 2.45) is 5.92 Å². The summed E-state index contributed by atoms with van der Waals surface area (Å²) in [4.78, 5) is 35.0. The lowest BCUT2D eigenvalue weighted by atomic mass is 9.95. The molecular formula is C20H21ClN6O4. The highest BCUT2D eigenvalue weighted by molar-refractivity contribution is 6.33. The first-order chi connectivity index (χ1) is 15.0. The average Bonchev–Trinajstić information content (AvgIpc) is 3.50. The Labute approximate surface area is 183 Å². The normalized spacial score (nSPS) is 14.5. The van der Waals surface area contributed by atoms with Gasteiger partial charge in [0.2, 0.25) is 17.7 Å². The van der Waals surface area contributed by atoms with Crippen LogP contribution in [0.4, 0.5) is 0 Å². The minimum absolute atomic E-state index is 0.0598. The molecule has 0 aliphatic carbocycles. The van der Waals surface area contributed by atoms with E-state index in [2.05, 4.69) is 25.5 Å². The second-order valence-electron chi connectivity index (χ2n) is 7.08. The Bertz CT molecular complexity index is 1060. The molecular weight excluding hydrogens is 424 g/mol. The van der Waals surface area contributed by atoms with Crippen LogP contribution in [-0.2, 0) is 11.3 Å². The summed E-state index contributed by atoms with van der Waals surface area (Å²) in [6.07, 6.45) is 5.63. The highest BCUT2D eigenvalue weighted by Gasteiger charge is 2.28. The molecule has 2 N–H and O–H groups in total. The number of likely N-dealkylation sites (tertiary alicyclic amines) is 1. The molecule has 1 aliphatic heterocycles. The minimum Gasteiger partial charge on any atom is -0.481 e. The van der Waals surface area contributed by atoms with Gasteiger partial charge in [-0.25, -0.2) is 9.97 Å². The third kappa shape index (κ3) is 4.69. The molecule has 162 valence electrons. The van der Waals surface area contributed by atoms with Gasteiger partial charge in [0.1, 0.15) is 12.0 Å². The summed E-state index contributed by atoms with van der Waals surface area (Å²) in [6.45, 7) is 1.21. The van der Waals surface area contributed by atoms with Crippen LogP contribution in [0.2, 0.25) is 5.02 Å². The van der Waals surface area contributed by atoms with E-state index in [1.54, 1.807) is 17.0 Å². The molecule has 1 aliphatic rings. The number of oxazole rings is 1. The molecule has 3 aromatic rings. The predicted molar refractivity (Wildman–Crippen MR) is 110 cm³/mol. The van der Waals surface area contributed by atoms with Crippen molar-refractivity contribution in [2.75, 3.05) is 20.2 Å². The number of H-pyrrole nitrogens is 1. The smallest absolute Gasteiger partial charge is 0.271 e. The predicted octanol–water partition coefficient (Wildman–Crippen LogP) is 2.29. The van der Waals surface area contributed by atoms with Crippen LogP contribution < -0.4 is 10.1 Å². The molecule has 0 saturated carbocycles. The molecule has 0 atom stereocenters. The topological polar surface area (TPSA) is 126 Å². The number of piperidine rings is 1. The molecule has 11 heteroatoms. The van der Waals surface area contributed by atoms with Crippen LogP contribution in [0, 0.1) is 5.92 Å².